The Bertz CT molecular complexity index is 1170. The Kier molecular flexibility index (Phi) is 10.2. The summed E-state index contributed by atoms with van der Waals surface area (Å²) in [6, 6.07) is 11.9. The predicted molar refractivity (Wildman–Crippen MR) is 158 cm³/mol. The van der Waals surface area contributed by atoms with Gasteiger partial charge in [0.05, 0.1) is 6.61 Å². The molecule has 0 aromatic heterocycles. The SMILES string of the molecule is CCC(C)(OCCOc1ccc(C2C(=O)Oc3c2cc(C(C)(C)C)cc3C(C)(C)C)cc1)C(=O)CCCCCO. The van der Waals surface area contributed by atoms with E-state index in [4.69, 9.17) is 19.3 Å². The van der Waals surface area contributed by atoms with Gasteiger partial charge in [0.1, 0.15) is 29.6 Å². The molecule has 2 atom stereocenters. The number of Topliss-reactive ketones (excluding diaryl/α,β-unsaturated/α-hetero) is 1. The minimum atomic E-state index is -0.833. The number of hydrogen-bond donors (Lipinski definition) is 1. The van der Waals surface area contributed by atoms with E-state index in [1.807, 2.05) is 38.1 Å². The highest BCUT2D eigenvalue weighted by Gasteiger charge is 2.39. The highest BCUT2D eigenvalue weighted by molar-refractivity contribution is 5.90. The van der Waals surface area contributed by atoms with Crippen LogP contribution >= 0.6 is 0 Å². The van der Waals surface area contributed by atoms with Gasteiger partial charge < -0.3 is 19.3 Å². The summed E-state index contributed by atoms with van der Waals surface area (Å²) in [6.07, 6.45) is 3.35. The van der Waals surface area contributed by atoms with Gasteiger partial charge in [0.2, 0.25) is 0 Å². The normalized spacial score (nSPS) is 16.8. The number of unbranched alkanes of at least 4 members (excludes halogenated alkanes) is 2. The molecule has 2 unspecified atom stereocenters. The molecule has 0 spiro atoms. The lowest BCUT2D eigenvalue weighted by Gasteiger charge is -2.27. The molecule has 1 aliphatic heterocycles. The van der Waals surface area contributed by atoms with Crippen molar-refractivity contribution in [3.8, 4) is 11.5 Å². The van der Waals surface area contributed by atoms with Crippen molar-refractivity contribution >= 4 is 11.8 Å². The Hall–Kier alpha value is -2.70. The summed E-state index contributed by atoms with van der Waals surface area (Å²) in [5.74, 6) is 0.712. The van der Waals surface area contributed by atoms with E-state index >= 15 is 0 Å². The van der Waals surface area contributed by atoms with Crippen molar-refractivity contribution in [3.05, 3.63) is 58.7 Å². The van der Waals surface area contributed by atoms with Crippen LogP contribution in [0.3, 0.4) is 0 Å². The second-order valence-corrected chi connectivity index (χ2v) is 13.1. The van der Waals surface area contributed by atoms with Gasteiger partial charge in [-0.15, -0.1) is 0 Å². The highest BCUT2D eigenvalue weighted by Crippen LogP contribution is 2.47. The average Bonchev–Trinajstić information content (AvgIpc) is 3.23. The minimum Gasteiger partial charge on any atom is -0.491 e. The van der Waals surface area contributed by atoms with Gasteiger partial charge in [-0.25, -0.2) is 0 Å². The van der Waals surface area contributed by atoms with Crippen molar-refractivity contribution in [1.29, 1.82) is 0 Å². The van der Waals surface area contributed by atoms with Crippen molar-refractivity contribution in [2.24, 2.45) is 0 Å². The standard InChI is InChI=1S/C34H48O6/c1-9-34(8,28(36)13-11-10-12-18-35)39-20-19-38-25-16-14-23(15-17-25)29-26-21-24(32(2,3)4)22-27(33(5,6)7)30(26)40-31(29)37/h14-17,21-22,29,35H,9-13,18-20H2,1-8H3. The van der Waals surface area contributed by atoms with Gasteiger partial charge in [-0.2, -0.15) is 0 Å². The first-order valence-electron chi connectivity index (χ1n) is 14.6. The lowest BCUT2D eigenvalue weighted by atomic mass is 9.77. The molecule has 3 rings (SSSR count). The summed E-state index contributed by atoms with van der Waals surface area (Å²) in [7, 11) is 0. The monoisotopic (exact) mass is 552 g/mol. The first kappa shape index (κ1) is 31.8. The Balaban J connectivity index is 1.68. The lowest BCUT2D eigenvalue weighted by molar-refractivity contribution is -0.144. The average molecular weight is 553 g/mol. The predicted octanol–water partition coefficient (Wildman–Crippen LogP) is 7.02. The Morgan fingerprint density at radius 2 is 1.60 bits per heavy atom. The molecule has 0 bridgehead atoms. The van der Waals surface area contributed by atoms with Crippen LogP contribution in [0.2, 0.25) is 0 Å². The quantitative estimate of drug-likeness (QED) is 0.163. The molecule has 0 radical (unpaired) electrons. The van der Waals surface area contributed by atoms with Crippen molar-refractivity contribution < 1.29 is 28.9 Å². The van der Waals surface area contributed by atoms with E-state index < -0.39 is 11.5 Å². The Labute approximate surface area is 240 Å². The highest BCUT2D eigenvalue weighted by atomic mass is 16.5. The molecule has 0 fully saturated rings. The molecule has 220 valence electrons. The van der Waals surface area contributed by atoms with E-state index in [1.54, 1.807) is 0 Å². The van der Waals surface area contributed by atoms with Gasteiger partial charge in [0, 0.05) is 24.2 Å². The van der Waals surface area contributed by atoms with Gasteiger partial charge in [0.15, 0.2) is 5.78 Å². The summed E-state index contributed by atoms with van der Waals surface area (Å²) in [5.41, 5.74) is 2.95. The molecular formula is C34H48O6. The topological polar surface area (TPSA) is 82.1 Å². The molecule has 40 heavy (non-hydrogen) atoms. The Morgan fingerprint density at radius 3 is 2.17 bits per heavy atom. The zero-order chi connectivity index (χ0) is 29.7. The van der Waals surface area contributed by atoms with Crippen LogP contribution in [0.5, 0.6) is 11.5 Å². The summed E-state index contributed by atoms with van der Waals surface area (Å²) < 4.78 is 17.8. The molecular weight excluding hydrogens is 504 g/mol. The van der Waals surface area contributed by atoms with E-state index in [0.29, 0.717) is 44.0 Å². The first-order chi connectivity index (χ1) is 18.7. The number of ketones is 1. The maximum Gasteiger partial charge on any atom is 0.323 e. The summed E-state index contributed by atoms with van der Waals surface area (Å²) in [5, 5.41) is 8.92. The molecule has 0 saturated carbocycles. The molecule has 6 heteroatoms. The van der Waals surface area contributed by atoms with Crippen LogP contribution in [0.1, 0.15) is 116 Å². The number of benzene rings is 2. The second-order valence-electron chi connectivity index (χ2n) is 13.1. The third-order valence-corrected chi connectivity index (χ3v) is 7.85. The van der Waals surface area contributed by atoms with Gasteiger partial charge in [0.25, 0.3) is 0 Å². The number of hydrogen-bond acceptors (Lipinski definition) is 6. The van der Waals surface area contributed by atoms with Gasteiger partial charge >= 0.3 is 5.97 Å². The third-order valence-electron chi connectivity index (χ3n) is 7.85. The summed E-state index contributed by atoms with van der Waals surface area (Å²) >= 11 is 0. The number of rotatable bonds is 13. The number of aliphatic hydroxyl groups is 1. The number of ether oxygens (including phenoxy) is 3. The fourth-order valence-corrected chi connectivity index (χ4v) is 4.97. The number of fused-ring (bicyclic) bond motifs is 1. The molecule has 0 saturated heterocycles. The summed E-state index contributed by atoms with van der Waals surface area (Å²) in [6.45, 7) is 17.5. The molecule has 1 N–H and O–H groups in total. The van der Waals surface area contributed by atoms with Crippen molar-refractivity contribution in [2.75, 3.05) is 19.8 Å². The van der Waals surface area contributed by atoms with Crippen LogP contribution < -0.4 is 9.47 Å². The first-order valence-corrected chi connectivity index (χ1v) is 14.6. The van der Waals surface area contributed by atoms with Gasteiger partial charge in [-0.3, -0.25) is 9.59 Å². The summed E-state index contributed by atoms with van der Waals surface area (Å²) in [4.78, 5) is 25.8. The molecule has 2 aromatic rings. The largest absolute Gasteiger partial charge is 0.491 e. The molecule has 0 aliphatic carbocycles. The molecule has 0 amide bonds. The van der Waals surface area contributed by atoms with Crippen LogP contribution in [0.15, 0.2) is 36.4 Å². The molecule has 6 nitrogen and oxygen atoms in total. The number of aliphatic hydroxyl groups excluding tert-OH is 1. The van der Waals surface area contributed by atoms with Gasteiger partial charge in [-0.05, 0) is 60.3 Å². The van der Waals surface area contributed by atoms with E-state index in [-0.39, 0.29) is 29.2 Å². The fraction of sp³-hybridized carbons (Fsp3) is 0.588. The van der Waals surface area contributed by atoms with Crippen molar-refractivity contribution in [1.82, 2.24) is 0 Å². The van der Waals surface area contributed by atoms with Crippen LogP contribution in [0.4, 0.5) is 0 Å². The zero-order valence-corrected chi connectivity index (χ0v) is 25.7. The van der Waals surface area contributed by atoms with Gasteiger partial charge in [-0.1, -0.05) is 79.2 Å². The maximum atomic E-state index is 13.1. The van der Waals surface area contributed by atoms with Crippen LogP contribution in [-0.2, 0) is 25.2 Å². The molecule has 2 aromatic carbocycles. The van der Waals surface area contributed by atoms with E-state index in [2.05, 4.69) is 53.7 Å². The van der Waals surface area contributed by atoms with E-state index in [0.717, 1.165) is 29.5 Å². The van der Waals surface area contributed by atoms with Crippen molar-refractivity contribution in [2.45, 2.75) is 110 Å². The van der Waals surface area contributed by atoms with Crippen LogP contribution in [0, 0.1) is 0 Å². The lowest BCUT2D eigenvalue weighted by Crippen LogP contribution is -2.39. The third kappa shape index (κ3) is 7.52. The smallest absolute Gasteiger partial charge is 0.323 e. The number of carbonyl (C=O) groups is 2. The minimum absolute atomic E-state index is 0.0661. The van der Waals surface area contributed by atoms with E-state index in [9.17, 15) is 9.59 Å². The van der Waals surface area contributed by atoms with Crippen LogP contribution in [-0.4, -0.2) is 42.3 Å². The van der Waals surface area contributed by atoms with Crippen LogP contribution in [0.25, 0.3) is 0 Å². The maximum absolute atomic E-state index is 13.1. The fourth-order valence-electron chi connectivity index (χ4n) is 4.97. The molecule has 1 aliphatic rings. The Morgan fingerprint density at radius 1 is 0.925 bits per heavy atom. The zero-order valence-electron chi connectivity index (χ0n) is 25.7. The molecule has 1 heterocycles. The van der Waals surface area contributed by atoms with Crippen molar-refractivity contribution in [3.63, 3.8) is 0 Å². The van der Waals surface area contributed by atoms with E-state index in [1.165, 1.54) is 5.56 Å². The number of carbonyl (C=O) groups excluding carboxylic acids is 2. The number of esters is 1. The second kappa shape index (κ2) is 12.9.